The van der Waals surface area contributed by atoms with Crippen LogP contribution < -0.4 is 4.80 Å². The van der Waals surface area contributed by atoms with Crippen LogP contribution in [0.4, 0.5) is 5.69 Å². The van der Waals surface area contributed by atoms with E-state index in [0.717, 1.165) is 41.0 Å². The minimum absolute atomic E-state index is 0.349. The van der Waals surface area contributed by atoms with E-state index in [-0.39, 0.29) is 0 Å². The van der Waals surface area contributed by atoms with E-state index in [4.69, 9.17) is 4.99 Å². The van der Waals surface area contributed by atoms with Gasteiger partial charge in [-0.15, -0.1) is 11.3 Å². The van der Waals surface area contributed by atoms with Gasteiger partial charge in [-0.1, -0.05) is 90.5 Å². The van der Waals surface area contributed by atoms with Crippen LogP contribution >= 0.6 is 11.3 Å². The van der Waals surface area contributed by atoms with E-state index < -0.39 is 10.0 Å². The zero-order valence-corrected chi connectivity index (χ0v) is 25.4. The Bertz CT molecular complexity index is 1780. The summed E-state index contributed by atoms with van der Waals surface area (Å²) in [6.45, 7) is 3.86. The summed E-state index contributed by atoms with van der Waals surface area (Å²) in [5, 5.41) is 2.11. The molecule has 1 aliphatic rings. The van der Waals surface area contributed by atoms with Crippen LogP contribution in [0.25, 0.3) is 11.3 Å². The van der Waals surface area contributed by atoms with Crippen LogP contribution in [0.1, 0.15) is 29.5 Å². The van der Waals surface area contributed by atoms with Crippen molar-refractivity contribution in [3.63, 3.8) is 0 Å². The lowest BCUT2D eigenvalue weighted by Crippen LogP contribution is -2.38. The third-order valence-electron chi connectivity index (χ3n) is 7.97. The first-order valence-corrected chi connectivity index (χ1v) is 16.8. The second-order valence-electron chi connectivity index (χ2n) is 11.0. The van der Waals surface area contributed by atoms with Crippen LogP contribution in [0.3, 0.4) is 0 Å². The van der Waals surface area contributed by atoms with Crippen molar-refractivity contribution in [1.29, 1.82) is 0 Å². The van der Waals surface area contributed by atoms with Crippen molar-refractivity contribution in [3.8, 4) is 11.3 Å². The number of aryl methyl sites for hydroxylation is 1. The van der Waals surface area contributed by atoms with Crippen LogP contribution in [0.15, 0.2) is 124 Å². The lowest BCUT2D eigenvalue weighted by molar-refractivity contribution is 0.273. The van der Waals surface area contributed by atoms with E-state index in [2.05, 4.69) is 65.4 Å². The van der Waals surface area contributed by atoms with Gasteiger partial charge in [-0.25, -0.2) is 13.4 Å². The van der Waals surface area contributed by atoms with Gasteiger partial charge in [0.25, 0.3) is 0 Å². The largest absolute Gasteiger partial charge is 0.312 e. The molecule has 0 amide bonds. The zero-order chi connectivity index (χ0) is 28.9. The topological polar surface area (TPSA) is 54.7 Å². The lowest BCUT2D eigenvalue weighted by atomic mass is 9.91. The van der Waals surface area contributed by atoms with Crippen LogP contribution in [0, 0.1) is 12.8 Å². The molecule has 6 rings (SSSR count). The number of benzene rings is 4. The van der Waals surface area contributed by atoms with Crippen molar-refractivity contribution in [3.05, 3.63) is 136 Å². The Morgan fingerprint density at radius 2 is 1.40 bits per heavy atom. The van der Waals surface area contributed by atoms with E-state index in [9.17, 15) is 8.42 Å². The number of hydrogen-bond donors (Lipinski definition) is 0. The number of aromatic nitrogens is 1. The number of thiazole rings is 1. The Kier molecular flexibility index (Phi) is 8.51. The number of rotatable bonds is 8. The molecule has 214 valence electrons. The molecular weight excluding hydrogens is 559 g/mol. The fraction of sp³-hybridized carbons (Fsp3) is 0.229. The van der Waals surface area contributed by atoms with Gasteiger partial charge >= 0.3 is 0 Å². The molecule has 1 aliphatic heterocycles. The van der Waals surface area contributed by atoms with E-state index in [1.165, 1.54) is 16.7 Å². The maximum Gasteiger partial charge on any atom is 0.243 e. The van der Waals surface area contributed by atoms with Crippen molar-refractivity contribution in [2.75, 3.05) is 13.1 Å². The molecular formula is C35H35N3O2S2. The predicted octanol–water partition coefficient (Wildman–Crippen LogP) is 7.45. The molecule has 0 bridgehead atoms. The van der Waals surface area contributed by atoms with Crippen molar-refractivity contribution in [2.24, 2.45) is 10.9 Å². The molecule has 0 spiro atoms. The number of piperidine rings is 1. The quantitative estimate of drug-likeness (QED) is 0.188. The van der Waals surface area contributed by atoms with E-state index in [1.807, 2.05) is 48.5 Å². The van der Waals surface area contributed by atoms with Crippen molar-refractivity contribution < 1.29 is 8.42 Å². The van der Waals surface area contributed by atoms with Crippen molar-refractivity contribution >= 4 is 27.0 Å². The van der Waals surface area contributed by atoms with E-state index >= 15 is 0 Å². The fourth-order valence-corrected chi connectivity index (χ4v) is 7.94. The maximum absolute atomic E-state index is 13.5. The molecule has 2 heterocycles. The maximum atomic E-state index is 13.5. The van der Waals surface area contributed by atoms with Crippen molar-refractivity contribution in [2.45, 2.75) is 37.6 Å². The molecule has 0 unspecified atom stereocenters. The molecule has 1 saturated heterocycles. The molecule has 5 aromatic rings. The van der Waals surface area contributed by atoms with Gasteiger partial charge in [-0.2, -0.15) is 4.31 Å². The Labute approximate surface area is 252 Å². The normalized spacial score (nSPS) is 15.2. The third kappa shape index (κ3) is 6.49. The first-order valence-electron chi connectivity index (χ1n) is 14.4. The average Bonchev–Trinajstić information content (AvgIpc) is 3.41. The molecule has 0 saturated carbocycles. The fourth-order valence-electron chi connectivity index (χ4n) is 5.55. The van der Waals surface area contributed by atoms with Crippen LogP contribution in [0.2, 0.25) is 0 Å². The summed E-state index contributed by atoms with van der Waals surface area (Å²) < 4.78 is 31.0. The Balaban J connectivity index is 1.23. The van der Waals surface area contributed by atoms with Gasteiger partial charge in [0.15, 0.2) is 4.80 Å². The van der Waals surface area contributed by atoms with Crippen molar-refractivity contribution in [1.82, 2.24) is 8.87 Å². The monoisotopic (exact) mass is 593 g/mol. The molecule has 0 atom stereocenters. The predicted molar refractivity (Wildman–Crippen MR) is 171 cm³/mol. The highest BCUT2D eigenvalue weighted by Gasteiger charge is 2.29. The molecule has 0 aliphatic carbocycles. The van der Waals surface area contributed by atoms with Crippen LogP contribution in [0.5, 0.6) is 0 Å². The minimum atomic E-state index is -3.54. The summed E-state index contributed by atoms with van der Waals surface area (Å²) in [5.74, 6) is 0.513. The zero-order valence-electron chi connectivity index (χ0n) is 23.8. The van der Waals surface area contributed by atoms with Gasteiger partial charge in [0, 0.05) is 18.5 Å². The standard InChI is InChI=1S/C35H35N3O2S2/c1-27-12-16-32(17-13-27)36-35-38(25-30-10-6-3-7-11-30)34(26-41-35)31-14-18-33(19-15-31)42(39,40)37-22-20-29(21-23-37)24-28-8-4-2-5-9-28/h2-19,26,29H,20-25H2,1H3. The first-order chi connectivity index (χ1) is 20.5. The number of sulfonamides is 1. The van der Waals surface area contributed by atoms with Gasteiger partial charge in [-0.3, -0.25) is 0 Å². The SMILES string of the molecule is Cc1ccc(N=c2scc(-c3ccc(S(=O)(=O)N4CCC(Cc5ccccc5)CC4)cc3)n2Cc2ccccc2)cc1. The van der Waals surface area contributed by atoms with Crippen LogP contribution in [-0.4, -0.2) is 30.4 Å². The highest BCUT2D eigenvalue weighted by molar-refractivity contribution is 7.89. The molecule has 5 nitrogen and oxygen atoms in total. The summed E-state index contributed by atoms with van der Waals surface area (Å²) in [7, 11) is -3.54. The van der Waals surface area contributed by atoms with Gasteiger partial charge in [0.1, 0.15) is 0 Å². The molecule has 0 N–H and O–H groups in total. The molecule has 1 fully saturated rings. The lowest BCUT2D eigenvalue weighted by Gasteiger charge is -2.31. The summed E-state index contributed by atoms with van der Waals surface area (Å²) in [6, 6.07) is 36.4. The first kappa shape index (κ1) is 28.3. The number of hydrogen-bond acceptors (Lipinski definition) is 4. The van der Waals surface area contributed by atoms with Crippen LogP contribution in [-0.2, 0) is 23.0 Å². The smallest absolute Gasteiger partial charge is 0.243 e. The highest BCUT2D eigenvalue weighted by Crippen LogP contribution is 2.28. The summed E-state index contributed by atoms with van der Waals surface area (Å²) in [4.78, 5) is 6.20. The Morgan fingerprint density at radius 3 is 2.05 bits per heavy atom. The molecule has 4 aromatic carbocycles. The molecule has 42 heavy (non-hydrogen) atoms. The van der Waals surface area contributed by atoms with Gasteiger partial charge in [-0.05, 0) is 73.1 Å². The van der Waals surface area contributed by atoms with Gasteiger partial charge < -0.3 is 4.57 Å². The second kappa shape index (κ2) is 12.6. The number of nitrogens with zero attached hydrogens (tertiary/aromatic N) is 3. The minimum Gasteiger partial charge on any atom is -0.312 e. The third-order valence-corrected chi connectivity index (χ3v) is 10.7. The summed E-state index contributed by atoms with van der Waals surface area (Å²) in [5.41, 5.74) is 6.59. The Morgan fingerprint density at radius 1 is 0.786 bits per heavy atom. The van der Waals surface area contributed by atoms with E-state index in [0.29, 0.717) is 30.4 Å². The molecule has 1 aromatic heterocycles. The molecule has 7 heteroatoms. The van der Waals surface area contributed by atoms with Gasteiger partial charge in [0.05, 0.1) is 22.8 Å². The van der Waals surface area contributed by atoms with Gasteiger partial charge in [0.2, 0.25) is 10.0 Å². The summed E-state index contributed by atoms with van der Waals surface area (Å²) >= 11 is 1.59. The molecule has 0 radical (unpaired) electrons. The highest BCUT2D eigenvalue weighted by atomic mass is 32.2. The second-order valence-corrected chi connectivity index (χ2v) is 13.8. The Hall–Kier alpha value is -3.78. The average molecular weight is 594 g/mol. The summed E-state index contributed by atoms with van der Waals surface area (Å²) in [6.07, 6.45) is 2.77. The van der Waals surface area contributed by atoms with E-state index in [1.54, 1.807) is 27.8 Å².